The van der Waals surface area contributed by atoms with Gasteiger partial charge < -0.3 is 68.5 Å². The second kappa shape index (κ2) is 24.8. The highest BCUT2D eigenvalue weighted by Crippen LogP contribution is 2.26. The second-order valence-corrected chi connectivity index (χ2v) is 17.2. The topological polar surface area (TPSA) is 379 Å². The summed E-state index contributed by atoms with van der Waals surface area (Å²) in [6, 6.07) is -11.4. The van der Waals surface area contributed by atoms with E-state index >= 15 is 0 Å². The summed E-state index contributed by atoms with van der Waals surface area (Å²) in [4.78, 5) is 144. The third-order valence-electron chi connectivity index (χ3n) is 11.0. The number of carboxylic acid groups (broad SMARTS) is 2. The molecule has 2 aliphatic heterocycles. The molecule has 13 N–H and O–H groups in total. The summed E-state index contributed by atoms with van der Waals surface area (Å²) in [5.74, 6) is -11.3. The predicted molar refractivity (Wildman–Crippen MR) is 225 cm³/mol. The zero-order valence-corrected chi connectivity index (χ0v) is 37.4. The summed E-state index contributed by atoms with van der Waals surface area (Å²) < 4.78 is 0. The van der Waals surface area contributed by atoms with Gasteiger partial charge in [-0.05, 0) is 56.8 Å². The number of carboxylic acids is 2. The average Bonchev–Trinajstić information content (AvgIpc) is 3.91. The fourth-order valence-electron chi connectivity index (χ4n) is 7.26. The third kappa shape index (κ3) is 15.4. The molecule has 24 heteroatoms. The molecule has 9 atom stereocenters. The molecule has 9 amide bonds. The van der Waals surface area contributed by atoms with E-state index in [-0.39, 0.29) is 38.8 Å². The number of carbonyl (C=O) groups is 11. The molecule has 0 radical (unpaired) electrons. The number of aliphatic carboxylic acids is 2. The molecule has 64 heavy (non-hydrogen) atoms. The van der Waals surface area contributed by atoms with Crippen molar-refractivity contribution in [3.05, 3.63) is 0 Å². The molecule has 24 nitrogen and oxygen atoms in total. The van der Waals surface area contributed by atoms with Crippen molar-refractivity contribution in [3.8, 4) is 0 Å². The minimum atomic E-state index is -1.64. The van der Waals surface area contributed by atoms with E-state index in [0.717, 1.165) is 0 Å². The van der Waals surface area contributed by atoms with Crippen molar-refractivity contribution in [2.75, 3.05) is 19.7 Å². The Labute approximate surface area is 371 Å². The lowest BCUT2D eigenvalue weighted by Gasteiger charge is -2.34. The number of nitrogens with one attached hydrogen (secondary N) is 6. The van der Waals surface area contributed by atoms with Crippen LogP contribution in [0.2, 0.25) is 0 Å². The Morgan fingerprint density at radius 2 is 1.08 bits per heavy atom. The van der Waals surface area contributed by atoms with Crippen molar-refractivity contribution in [2.45, 2.75) is 148 Å². The van der Waals surface area contributed by atoms with Gasteiger partial charge in [0.2, 0.25) is 53.2 Å². The summed E-state index contributed by atoms with van der Waals surface area (Å²) in [5, 5.41) is 43.2. The van der Waals surface area contributed by atoms with E-state index in [4.69, 9.17) is 16.6 Å². The van der Waals surface area contributed by atoms with Crippen LogP contribution >= 0.6 is 0 Å². The van der Waals surface area contributed by atoms with Crippen LogP contribution in [0.1, 0.15) is 93.4 Å². The number of aliphatic hydroxyl groups excluding tert-OH is 1. The van der Waals surface area contributed by atoms with Crippen LogP contribution in [-0.2, 0) is 52.7 Å². The molecule has 2 aliphatic rings. The van der Waals surface area contributed by atoms with Crippen LogP contribution in [0.15, 0.2) is 0 Å². The second-order valence-electron chi connectivity index (χ2n) is 17.2. The SMILES string of the molecule is CC(C)[C@H](NC(=O)[C@@H](NC(=O)[C@@H]1CCCN1C(=O)[C@@H]1CCCN1C(=O)[C@H](CO)NC(=O)[C@@H](NC(=O)[C@@H](N)CCC(=O)O)C(C)C)C(C)C)C(=O)N[C@@H](C)C(=O)N[C@@H](CC(N)=O)C(=O)O. The van der Waals surface area contributed by atoms with E-state index in [9.17, 15) is 63.0 Å². The fourth-order valence-corrected chi connectivity index (χ4v) is 7.26. The summed E-state index contributed by atoms with van der Waals surface area (Å²) in [6.45, 7) is 10.4. The van der Waals surface area contributed by atoms with Crippen LogP contribution < -0.4 is 43.4 Å². The van der Waals surface area contributed by atoms with Gasteiger partial charge in [-0.1, -0.05) is 41.5 Å². The van der Waals surface area contributed by atoms with Crippen molar-refractivity contribution in [1.29, 1.82) is 0 Å². The third-order valence-corrected chi connectivity index (χ3v) is 11.0. The Morgan fingerprint density at radius 1 is 0.609 bits per heavy atom. The van der Waals surface area contributed by atoms with Gasteiger partial charge in [0.25, 0.3) is 0 Å². The minimum absolute atomic E-state index is 0.0941. The zero-order chi connectivity index (χ0) is 48.7. The number of aliphatic hydroxyl groups is 1. The Kier molecular flexibility index (Phi) is 21.0. The largest absolute Gasteiger partial charge is 0.481 e. The van der Waals surface area contributed by atoms with Crippen molar-refractivity contribution in [2.24, 2.45) is 29.2 Å². The smallest absolute Gasteiger partial charge is 0.326 e. The van der Waals surface area contributed by atoms with Crippen molar-refractivity contribution in [3.63, 3.8) is 0 Å². The van der Waals surface area contributed by atoms with E-state index in [1.807, 2.05) is 0 Å². The molecule has 0 aromatic heterocycles. The van der Waals surface area contributed by atoms with Crippen LogP contribution in [0.25, 0.3) is 0 Å². The van der Waals surface area contributed by atoms with Crippen molar-refractivity contribution < 1.29 is 68.1 Å². The molecular formula is C40H66N10O14. The number of nitrogens with zero attached hydrogens (tertiary/aromatic N) is 2. The van der Waals surface area contributed by atoms with E-state index < -0.39 is 150 Å². The lowest BCUT2D eigenvalue weighted by Crippen LogP contribution is -2.61. The van der Waals surface area contributed by atoms with E-state index in [2.05, 4.69) is 31.9 Å². The van der Waals surface area contributed by atoms with Gasteiger partial charge in [-0.3, -0.25) is 47.9 Å². The van der Waals surface area contributed by atoms with Gasteiger partial charge in [-0.2, -0.15) is 0 Å². The van der Waals surface area contributed by atoms with Crippen LogP contribution in [-0.4, -0.2) is 164 Å². The number of carbonyl (C=O) groups excluding carboxylic acids is 9. The molecule has 360 valence electrons. The molecule has 0 unspecified atom stereocenters. The number of hydrogen-bond acceptors (Lipinski definition) is 13. The van der Waals surface area contributed by atoms with Gasteiger partial charge in [0.1, 0.15) is 48.3 Å². The normalized spacial score (nSPS) is 19.4. The first-order chi connectivity index (χ1) is 29.8. The van der Waals surface area contributed by atoms with Crippen molar-refractivity contribution in [1.82, 2.24) is 41.7 Å². The van der Waals surface area contributed by atoms with Gasteiger partial charge in [0, 0.05) is 19.5 Å². The van der Waals surface area contributed by atoms with Crippen molar-refractivity contribution >= 4 is 65.1 Å². The summed E-state index contributed by atoms with van der Waals surface area (Å²) in [6.07, 6.45) is -0.00832. The first-order valence-corrected chi connectivity index (χ1v) is 21.3. The van der Waals surface area contributed by atoms with Crippen LogP contribution in [0.4, 0.5) is 0 Å². The van der Waals surface area contributed by atoms with E-state index in [1.165, 1.54) is 16.7 Å². The molecular weight excluding hydrogens is 844 g/mol. The minimum Gasteiger partial charge on any atom is -0.481 e. The van der Waals surface area contributed by atoms with Gasteiger partial charge in [-0.15, -0.1) is 0 Å². The Hall–Kier alpha value is -5.91. The Morgan fingerprint density at radius 3 is 1.58 bits per heavy atom. The number of likely N-dealkylation sites (tertiary alicyclic amines) is 2. The lowest BCUT2D eigenvalue weighted by atomic mass is 9.99. The lowest BCUT2D eigenvalue weighted by molar-refractivity contribution is -0.148. The maximum atomic E-state index is 14.1. The highest BCUT2D eigenvalue weighted by Gasteiger charge is 2.45. The first kappa shape index (κ1) is 54.2. The molecule has 2 rings (SSSR count). The first-order valence-electron chi connectivity index (χ1n) is 21.3. The maximum absolute atomic E-state index is 14.1. The molecule has 0 aromatic carbocycles. The highest BCUT2D eigenvalue weighted by molar-refractivity contribution is 5.99. The summed E-state index contributed by atoms with van der Waals surface area (Å²) >= 11 is 0. The Balaban J connectivity index is 2.16. The predicted octanol–water partition coefficient (Wildman–Crippen LogP) is -3.99. The van der Waals surface area contributed by atoms with Gasteiger partial charge >= 0.3 is 11.9 Å². The standard InChI is InChI=1S/C40H66N10O14/c1-18(2)29(35(58)43-21(7)32(55)44-23(40(63)64)16-27(42)52)48-37(60)31(20(5)6)47-34(57)25-10-8-14-49(25)39(62)26-11-9-15-50(26)38(61)24(17-51)45-36(59)30(19(3)4)46-33(56)22(41)12-13-28(53)54/h18-26,29-31,51H,8-17,41H2,1-7H3,(H2,42,52)(H,43,58)(H,44,55)(H,45,59)(H,46,56)(H,47,57)(H,48,60)(H,53,54)(H,63,64)/t21-,22-,23-,24-,25-,26-,29-,30-,31-/m0/s1. The zero-order valence-electron chi connectivity index (χ0n) is 37.4. The van der Waals surface area contributed by atoms with E-state index in [0.29, 0.717) is 12.8 Å². The number of primary amides is 1. The summed E-state index contributed by atoms with van der Waals surface area (Å²) in [5.41, 5.74) is 10.9. The molecule has 0 saturated carbocycles. The van der Waals surface area contributed by atoms with Crippen LogP contribution in [0.5, 0.6) is 0 Å². The molecule has 2 heterocycles. The molecule has 0 spiro atoms. The maximum Gasteiger partial charge on any atom is 0.326 e. The fraction of sp³-hybridized carbons (Fsp3) is 0.725. The van der Waals surface area contributed by atoms with Gasteiger partial charge in [0.15, 0.2) is 0 Å². The number of nitrogens with two attached hydrogens (primary N) is 2. The molecule has 0 aliphatic carbocycles. The van der Waals surface area contributed by atoms with Gasteiger partial charge in [-0.25, -0.2) is 4.79 Å². The highest BCUT2D eigenvalue weighted by atomic mass is 16.4. The van der Waals surface area contributed by atoms with Crippen LogP contribution in [0, 0.1) is 17.8 Å². The number of amides is 9. The van der Waals surface area contributed by atoms with Crippen LogP contribution in [0.3, 0.4) is 0 Å². The van der Waals surface area contributed by atoms with Gasteiger partial charge in [0.05, 0.1) is 19.1 Å². The number of hydrogen-bond donors (Lipinski definition) is 11. The quantitative estimate of drug-likeness (QED) is 0.0440. The molecule has 2 saturated heterocycles. The summed E-state index contributed by atoms with van der Waals surface area (Å²) in [7, 11) is 0. The molecule has 0 aromatic rings. The monoisotopic (exact) mass is 910 g/mol. The average molecular weight is 911 g/mol. The Bertz CT molecular complexity index is 1760. The molecule has 0 bridgehead atoms. The van der Waals surface area contributed by atoms with E-state index in [1.54, 1.807) is 41.5 Å². The number of rotatable bonds is 24. The molecule has 2 fully saturated rings.